The molecule has 3 aromatic rings. The van der Waals surface area contributed by atoms with Crippen molar-refractivity contribution in [2.75, 3.05) is 33.4 Å². The molecule has 8 heteroatoms. The number of aliphatic imine (C=N–C) groups is 1. The highest BCUT2D eigenvalue weighted by Gasteiger charge is 2.16. The van der Waals surface area contributed by atoms with E-state index in [0.29, 0.717) is 5.92 Å². The van der Waals surface area contributed by atoms with Crippen LogP contribution in [0.3, 0.4) is 0 Å². The van der Waals surface area contributed by atoms with E-state index >= 15 is 0 Å². The highest BCUT2D eigenvalue weighted by atomic mass is 127. The summed E-state index contributed by atoms with van der Waals surface area (Å²) in [5.74, 6) is 2.36. The largest absolute Gasteiger partial charge is 0.469 e. The van der Waals surface area contributed by atoms with E-state index < -0.39 is 0 Å². The first-order chi connectivity index (χ1) is 14.8. The molecule has 1 aliphatic heterocycles. The summed E-state index contributed by atoms with van der Waals surface area (Å²) in [6.45, 7) is 3.91. The molecule has 3 heterocycles. The fraction of sp³-hybridized carbons (Fsp3) is 0.391. The molecule has 1 fully saturated rings. The van der Waals surface area contributed by atoms with Gasteiger partial charge in [0.05, 0.1) is 24.8 Å². The van der Waals surface area contributed by atoms with Crippen molar-refractivity contribution in [3.8, 4) is 5.69 Å². The number of benzene rings is 1. The molecule has 0 radical (unpaired) electrons. The van der Waals surface area contributed by atoms with Crippen LogP contribution in [-0.2, 0) is 17.7 Å². The summed E-state index contributed by atoms with van der Waals surface area (Å²) in [6, 6.07) is 14.1. The minimum atomic E-state index is 0. The summed E-state index contributed by atoms with van der Waals surface area (Å²) < 4.78 is 12.8. The summed E-state index contributed by atoms with van der Waals surface area (Å²) in [7, 11) is 2.06. The zero-order chi connectivity index (χ0) is 20.6. The van der Waals surface area contributed by atoms with Gasteiger partial charge in [0, 0.05) is 57.4 Å². The van der Waals surface area contributed by atoms with E-state index in [-0.39, 0.29) is 24.0 Å². The van der Waals surface area contributed by atoms with E-state index in [4.69, 9.17) is 14.1 Å². The Kier molecular flexibility index (Phi) is 8.96. The van der Waals surface area contributed by atoms with Gasteiger partial charge in [0.25, 0.3) is 0 Å². The van der Waals surface area contributed by atoms with Gasteiger partial charge in [-0.3, -0.25) is 4.99 Å². The number of rotatable bonds is 8. The van der Waals surface area contributed by atoms with Gasteiger partial charge in [-0.2, -0.15) is 5.10 Å². The molecular weight excluding hydrogens is 505 g/mol. The predicted octanol–water partition coefficient (Wildman–Crippen LogP) is 3.74. The van der Waals surface area contributed by atoms with E-state index in [0.717, 1.165) is 68.7 Å². The van der Waals surface area contributed by atoms with Crippen molar-refractivity contribution in [3.63, 3.8) is 0 Å². The number of guanidine groups is 1. The molecule has 1 aromatic carbocycles. The number of para-hydroxylation sites is 1. The van der Waals surface area contributed by atoms with Gasteiger partial charge in [0.1, 0.15) is 5.76 Å². The van der Waals surface area contributed by atoms with E-state index in [2.05, 4.69) is 28.6 Å². The highest BCUT2D eigenvalue weighted by molar-refractivity contribution is 14.0. The molecule has 0 saturated carbocycles. The second-order valence-corrected chi connectivity index (χ2v) is 7.63. The third-order valence-electron chi connectivity index (χ3n) is 5.20. The third-order valence-corrected chi connectivity index (χ3v) is 5.20. The number of hydrogen-bond donors (Lipinski definition) is 1. The first kappa shape index (κ1) is 23.3. The lowest BCUT2D eigenvalue weighted by atomic mass is 10.1. The van der Waals surface area contributed by atoms with Gasteiger partial charge in [-0.05, 0) is 30.7 Å². The standard InChI is InChI=1S/C23H29N5O2.HI/c1-27(16-20-15-26-28(17-20)21-6-3-2-4-7-21)23(25-14-19-10-13-29-18-19)24-11-9-22-8-5-12-30-22;/h2-8,12,15,17,19H,9-11,13-14,16,18H2,1H3,(H,24,25);1H. The molecule has 4 rings (SSSR count). The van der Waals surface area contributed by atoms with Crippen LogP contribution in [-0.4, -0.2) is 54.0 Å². The molecule has 0 amide bonds. The van der Waals surface area contributed by atoms with Crippen molar-refractivity contribution >= 4 is 29.9 Å². The second kappa shape index (κ2) is 11.9. The van der Waals surface area contributed by atoms with Gasteiger partial charge in [-0.1, -0.05) is 18.2 Å². The number of nitrogens with one attached hydrogen (secondary N) is 1. The summed E-state index contributed by atoms with van der Waals surface area (Å²) in [4.78, 5) is 7.02. The Labute approximate surface area is 200 Å². The summed E-state index contributed by atoms with van der Waals surface area (Å²) in [5.41, 5.74) is 2.18. The second-order valence-electron chi connectivity index (χ2n) is 7.63. The molecule has 1 N–H and O–H groups in total. The Balaban J connectivity index is 0.00000272. The predicted molar refractivity (Wildman–Crippen MR) is 132 cm³/mol. The summed E-state index contributed by atoms with van der Waals surface area (Å²) >= 11 is 0. The van der Waals surface area contributed by atoms with Crippen LogP contribution in [0.4, 0.5) is 0 Å². The van der Waals surface area contributed by atoms with Crippen LogP contribution in [0.1, 0.15) is 17.7 Å². The maximum Gasteiger partial charge on any atom is 0.193 e. The van der Waals surface area contributed by atoms with Crippen molar-refractivity contribution in [1.82, 2.24) is 20.0 Å². The lowest BCUT2D eigenvalue weighted by Crippen LogP contribution is -2.40. The number of furan rings is 1. The van der Waals surface area contributed by atoms with Crippen molar-refractivity contribution in [3.05, 3.63) is 72.4 Å². The van der Waals surface area contributed by atoms with Crippen LogP contribution in [0.5, 0.6) is 0 Å². The molecule has 7 nitrogen and oxygen atoms in total. The molecule has 1 unspecified atom stereocenters. The molecule has 0 spiro atoms. The molecule has 1 atom stereocenters. The Morgan fingerprint density at radius 2 is 2.13 bits per heavy atom. The first-order valence-electron chi connectivity index (χ1n) is 10.5. The van der Waals surface area contributed by atoms with Crippen LogP contribution in [0.2, 0.25) is 0 Å². The highest BCUT2D eigenvalue weighted by Crippen LogP contribution is 2.13. The zero-order valence-corrected chi connectivity index (χ0v) is 20.1. The van der Waals surface area contributed by atoms with Crippen molar-refractivity contribution in [2.24, 2.45) is 10.9 Å². The molecule has 0 bridgehead atoms. The van der Waals surface area contributed by atoms with E-state index in [9.17, 15) is 0 Å². The first-order valence-corrected chi connectivity index (χ1v) is 10.5. The molecule has 0 aliphatic carbocycles. The Bertz CT molecular complexity index is 921. The smallest absolute Gasteiger partial charge is 0.193 e. The molecule has 2 aromatic heterocycles. The zero-order valence-electron chi connectivity index (χ0n) is 17.8. The van der Waals surface area contributed by atoms with Crippen LogP contribution in [0.15, 0.2) is 70.5 Å². The van der Waals surface area contributed by atoms with Crippen molar-refractivity contribution in [2.45, 2.75) is 19.4 Å². The SMILES string of the molecule is CN(Cc1cnn(-c2ccccc2)c1)C(=NCC1CCOC1)NCCc1ccco1.I. The number of aromatic nitrogens is 2. The number of halogens is 1. The van der Waals surface area contributed by atoms with Crippen LogP contribution in [0, 0.1) is 5.92 Å². The minimum absolute atomic E-state index is 0. The monoisotopic (exact) mass is 535 g/mol. The maximum absolute atomic E-state index is 5.49. The number of ether oxygens (including phenoxy) is 1. The van der Waals surface area contributed by atoms with Gasteiger partial charge in [0.2, 0.25) is 0 Å². The van der Waals surface area contributed by atoms with Crippen LogP contribution >= 0.6 is 24.0 Å². The minimum Gasteiger partial charge on any atom is -0.469 e. The molecule has 166 valence electrons. The lowest BCUT2D eigenvalue weighted by molar-refractivity contribution is 0.187. The van der Waals surface area contributed by atoms with Gasteiger partial charge in [-0.15, -0.1) is 24.0 Å². The summed E-state index contributed by atoms with van der Waals surface area (Å²) in [6.07, 6.45) is 7.59. The fourth-order valence-electron chi connectivity index (χ4n) is 3.52. The molecule has 1 aliphatic rings. The van der Waals surface area contributed by atoms with E-state index in [1.165, 1.54) is 0 Å². The Morgan fingerprint density at radius 1 is 1.26 bits per heavy atom. The average molecular weight is 535 g/mol. The topological polar surface area (TPSA) is 67.8 Å². The maximum atomic E-state index is 5.49. The van der Waals surface area contributed by atoms with Crippen molar-refractivity contribution < 1.29 is 9.15 Å². The third kappa shape index (κ3) is 6.83. The lowest BCUT2D eigenvalue weighted by Gasteiger charge is -2.22. The Hall–Kier alpha value is -2.33. The van der Waals surface area contributed by atoms with Crippen molar-refractivity contribution in [1.29, 1.82) is 0 Å². The number of hydrogen-bond acceptors (Lipinski definition) is 4. The van der Waals surface area contributed by atoms with Crippen LogP contribution in [0.25, 0.3) is 5.69 Å². The van der Waals surface area contributed by atoms with E-state index in [1.807, 2.05) is 53.3 Å². The van der Waals surface area contributed by atoms with Gasteiger partial charge in [-0.25, -0.2) is 4.68 Å². The van der Waals surface area contributed by atoms with Gasteiger partial charge in [0.15, 0.2) is 5.96 Å². The molecular formula is C23H30IN5O2. The Morgan fingerprint density at radius 3 is 2.87 bits per heavy atom. The van der Waals surface area contributed by atoms with E-state index in [1.54, 1.807) is 6.26 Å². The van der Waals surface area contributed by atoms with Gasteiger partial charge < -0.3 is 19.4 Å². The quantitative estimate of drug-likeness (QED) is 0.271. The van der Waals surface area contributed by atoms with Crippen LogP contribution < -0.4 is 5.32 Å². The summed E-state index contributed by atoms with van der Waals surface area (Å²) in [5, 5.41) is 7.99. The normalized spacial score (nSPS) is 16.2. The number of nitrogens with zero attached hydrogens (tertiary/aromatic N) is 4. The fourth-order valence-corrected chi connectivity index (χ4v) is 3.52. The molecule has 31 heavy (non-hydrogen) atoms. The average Bonchev–Trinajstić information content (AvgIpc) is 3.54. The molecule has 1 saturated heterocycles. The van der Waals surface area contributed by atoms with Gasteiger partial charge >= 0.3 is 0 Å².